The number of nitrogens with one attached hydrogen (secondary N) is 2. The first kappa shape index (κ1) is 31.8. The summed E-state index contributed by atoms with van der Waals surface area (Å²) in [6.45, 7) is 1.64. The van der Waals surface area contributed by atoms with E-state index in [0.717, 1.165) is 0 Å². The summed E-state index contributed by atoms with van der Waals surface area (Å²) >= 11 is 0. The summed E-state index contributed by atoms with van der Waals surface area (Å²) in [4.78, 5) is 37.3. The number of amides is 2. The minimum Gasteiger partial charge on any atom is -0.433 e. The molecule has 3 aromatic rings. The number of aryl methyl sites for hydroxylation is 2. The van der Waals surface area contributed by atoms with E-state index in [9.17, 15) is 31.6 Å². The monoisotopic (exact) mass is 620 g/mol. The van der Waals surface area contributed by atoms with Gasteiger partial charge in [0.15, 0.2) is 5.69 Å². The van der Waals surface area contributed by atoms with Crippen LogP contribution in [0.2, 0.25) is 0 Å². The van der Waals surface area contributed by atoms with Crippen molar-refractivity contribution in [3.63, 3.8) is 0 Å². The smallest absolute Gasteiger partial charge is 0.394 e. The lowest BCUT2D eigenvalue weighted by atomic mass is 9.98. The normalized spacial score (nSPS) is 15.1. The maximum Gasteiger partial charge on any atom is 0.394 e. The molecule has 1 aromatic carbocycles. The Morgan fingerprint density at radius 2 is 1.86 bits per heavy atom. The van der Waals surface area contributed by atoms with Crippen molar-refractivity contribution in [3.05, 3.63) is 70.4 Å². The first-order valence-corrected chi connectivity index (χ1v) is 15.7. The van der Waals surface area contributed by atoms with E-state index < -0.39 is 21.9 Å². The number of hydrogen-bond donors (Lipinski definition) is 2. The second-order valence-electron chi connectivity index (χ2n) is 10.6. The van der Waals surface area contributed by atoms with Crippen molar-refractivity contribution in [1.82, 2.24) is 24.9 Å². The van der Waals surface area contributed by atoms with E-state index in [0.29, 0.717) is 56.9 Å². The first-order chi connectivity index (χ1) is 20.3. The molecule has 0 bridgehead atoms. The zero-order chi connectivity index (χ0) is 31.0. The Kier molecular flexibility index (Phi) is 10.3. The van der Waals surface area contributed by atoms with Crippen LogP contribution in [0.1, 0.15) is 55.1 Å². The summed E-state index contributed by atoms with van der Waals surface area (Å²) in [6, 6.07) is 9.04. The van der Waals surface area contributed by atoms with E-state index in [2.05, 4.69) is 25.7 Å². The molecule has 0 unspecified atom stereocenters. The highest BCUT2D eigenvalue weighted by molar-refractivity contribution is 7.91. The van der Waals surface area contributed by atoms with Gasteiger partial charge in [-0.3, -0.25) is 19.1 Å². The van der Waals surface area contributed by atoms with Crippen molar-refractivity contribution in [1.29, 1.82) is 0 Å². The molecule has 3 heterocycles. The lowest BCUT2D eigenvalue weighted by Crippen LogP contribution is -2.27. The van der Waals surface area contributed by atoms with Crippen LogP contribution in [0.25, 0.3) is 0 Å². The second-order valence-corrected chi connectivity index (χ2v) is 12.9. The minimum absolute atomic E-state index is 0.0114. The van der Waals surface area contributed by atoms with Crippen LogP contribution < -0.4 is 20.9 Å². The van der Waals surface area contributed by atoms with E-state index in [-0.39, 0.29) is 53.3 Å². The standard InChI is InChI=1S/C28H34F2N6O6S/c1-28(29,30)42-23-6-4-5-21(15-23)18-31-27(39)24-19-36(34-33-24)11-3-2-10-35-12-7-22(17-26(35)38)32-25(37)16-20-8-13-43(40,41)14-9-20/h4-7,12,15,17,19-20H,2-3,8-11,13-14,16,18H2,1H3,(H,31,39)(H,32,37). The Labute approximate surface area is 247 Å². The number of rotatable bonds is 13. The molecule has 2 amide bonds. The van der Waals surface area contributed by atoms with E-state index in [1.54, 1.807) is 24.4 Å². The number of sulfone groups is 1. The lowest BCUT2D eigenvalue weighted by Gasteiger charge is -2.21. The molecule has 1 saturated heterocycles. The summed E-state index contributed by atoms with van der Waals surface area (Å²) in [6.07, 6.45) is 2.26. The lowest BCUT2D eigenvalue weighted by molar-refractivity contribution is -0.159. The summed E-state index contributed by atoms with van der Waals surface area (Å²) in [5.41, 5.74) is 0.815. The molecule has 0 spiro atoms. The molecule has 12 nitrogen and oxygen atoms in total. The fourth-order valence-corrected chi connectivity index (χ4v) is 6.24. The molecule has 0 radical (unpaired) electrons. The number of nitrogens with zero attached hydrogens (tertiary/aromatic N) is 4. The Morgan fingerprint density at radius 3 is 2.58 bits per heavy atom. The van der Waals surface area contributed by atoms with Crippen molar-refractivity contribution in [2.45, 2.75) is 64.8 Å². The number of benzene rings is 1. The number of hydrogen-bond acceptors (Lipinski definition) is 8. The Morgan fingerprint density at radius 1 is 1.12 bits per heavy atom. The summed E-state index contributed by atoms with van der Waals surface area (Å²) < 4.78 is 56.9. The van der Waals surface area contributed by atoms with Crippen LogP contribution in [0, 0.1) is 5.92 Å². The number of ether oxygens (including phenoxy) is 1. The molecule has 2 N–H and O–H groups in total. The van der Waals surface area contributed by atoms with Gasteiger partial charge < -0.3 is 19.9 Å². The SMILES string of the molecule is CC(F)(F)Oc1cccc(CNC(=O)c2cn(CCCCn3ccc(NC(=O)CC4CCS(=O)(=O)CC4)cc3=O)nn2)c1. The van der Waals surface area contributed by atoms with Crippen LogP contribution in [0.5, 0.6) is 5.75 Å². The third-order valence-corrected chi connectivity index (χ3v) is 8.60. The average Bonchev–Trinajstić information content (AvgIpc) is 3.40. The van der Waals surface area contributed by atoms with E-state index in [1.165, 1.54) is 33.6 Å². The van der Waals surface area contributed by atoms with Crippen molar-refractivity contribution < 1.29 is 31.5 Å². The molecule has 0 aliphatic carbocycles. The topological polar surface area (TPSA) is 154 Å². The second kappa shape index (κ2) is 13.9. The van der Waals surface area contributed by atoms with Crippen LogP contribution in [0.4, 0.5) is 14.5 Å². The minimum atomic E-state index is -3.31. The molecule has 1 aliphatic rings. The molecule has 1 fully saturated rings. The number of carbonyl (C=O) groups excluding carboxylic acids is 2. The van der Waals surface area contributed by atoms with Crippen molar-refractivity contribution in [2.24, 2.45) is 5.92 Å². The molecule has 4 rings (SSSR count). The number of unbranched alkanes of at least 4 members (excludes halogenated alkanes) is 1. The Bertz CT molecular complexity index is 1590. The number of pyridine rings is 1. The molecule has 43 heavy (non-hydrogen) atoms. The highest BCUT2D eigenvalue weighted by Gasteiger charge is 2.25. The maximum atomic E-state index is 13.1. The highest BCUT2D eigenvalue weighted by Crippen LogP contribution is 2.23. The predicted octanol–water partition coefficient (Wildman–Crippen LogP) is 3.00. The van der Waals surface area contributed by atoms with Gasteiger partial charge in [-0.25, -0.2) is 8.42 Å². The molecular weight excluding hydrogens is 586 g/mol. The Balaban J connectivity index is 1.17. The van der Waals surface area contributed by atoms with Gasteiger partial charge in [-0.1, -0.05) is 17.3 Å². The quantitative estimate of drug-likeness (QED) is 0.277. The van der Waals surface area contributed by atoms with Crippen LogP contribution >= 0.6 is 0 Å². The summed E-state index contributed by atoms with van der Waals surface area (Å²) in [7, 11) is -2.98. The van der Waals surface area contributed by atoms with Gasteiger partial charge >= 0.3 is 6.11 Å². The third-order valence-electron chi connectivity index (χ3n) is 6.88. The van der Waals surface area contributed by atoms with E-state index >= 15 is 0 Å². The first-order valence-electron chi connectivity index (χ1n) is 13.9. The van der Waals surface area contributed by atoms with Crippen LogP contribution in [0.3, 0.4) is 0 Å². The van der Waals surface area contributed by atoms with Gasteiger partial charge in [-0.2, -0.15) is 8.78 Å². The van der Waals surface area contributed by atoms with E-state index in [1.807, 2.05) is 0 Å². The van der Waals surface area contributed by atoms with Gasteiger partial charge in [-0.05, 0) is 55.4 Å². The number of anilines is 1. The largest absolute Gasteiger partial charge is 0.433 e. The number of halogens is 2. The van der Waals surface area contributed by atoms with Gasteiger partial charge in [-0.15, -0.1) is 5.10 Å². The van der Waals surface area contributed by atoms with Gasteiger partial charge in [0.1, 0.15) is 15.6 Å². The van der Waals surface area contributed by atoms with E-state index in [4.69, 9.17) is 0 Å². The van der Waals surface area contributed by atoms with Gasteiger partial charge in [0.25, 0.3) is 11.5 Å². The highest BCUT2D eigenvalue weighted by atomic mass is 32.2. The zero-order valence-electron chi connectivity index (χ0n) is 23.7. The number of aromatic nitrogens is 4. The number of alkyl halides is 2. The van der Waals surface area contributed by atoms with Crippen LogP contribution in [-0.2, 0) is 34.3 Å². The van der Waals surface area contributed by atoms with Gasteiger partial charge in [0.05, 0.1) is 17.7 Å². The zero-order valence-corrected chi connectivity index (χ0v) is 24.5. The fourth-order valence-electron chi connectivity index (χ4n) is 4.65. The maximum absolute atomic E-state index is 13.1. The molecule has 0 atom stereocenters. The molecule has 232 valence electrons. The summed E-state index contributed by atoms with van der Waals surface area (Å²) in [5.74, 6) is -0.496. The number of carbonyl (C=O) groups is 2. The van der Waals surface area contributed by atoms with Crippen molar-refractivity contribution in [3.8, 4) is 5.75 Å². The third kappa shape index (κ3) is 10.3. The van der Waals surface area contributed by atoms with Crippen molar-refractivity contribution in [2.75, 3.05) is 16.8 Å². The molecular formula is C28H34F2N6O6S. The average molecular weight is 621 g/mol. The molecule has 15 heteroatoms. The fraction of sp³-hybridized carbons (Fsp3) is 0.464. The molecule has 1 aliphatic heterocycles. The van der Waals surface area contributed by atoms with Crippen LogP contribution in [0.15, 0.2) is 53.6 Å². The van der Waals surface area contributed by atoms with Crippen LogP contribution in [-0.4, -0.2) is 57.4 Å². The predicted molar refractivity (Wildman–Crippen MR) is 153 cm³/mol. The Hall–Kier alpha value is -4.14. The van der Waals surface area contributed by atoms with Crippen molar-refractivity contribution >= 4 is 27.3 Å². The van der Waals surface area contributed by atoms with Gasteiger partial charge in [0, 0.05) is 50.9 Å². The van der Waals surface area contributed by atoms with Gasteiger partial charge in [0.2, 0.25) is 5.91 Å². The molecule has 0 saturated carbocycles. The summed E-state index contributed by atoms with van der Waals surface area (Å²) in [5, 5.41) is 13.2. The molecule has 2 aromatic heterocycles.